The van der Waals surface area contributed by atoms with Gasteiger partial charge in [0.05, 0.1) is 0 Å². The number of rotatable bonds is 4. The predicted octanol–water partition coefficient (Wildman–Crippen LogP) is 3.63. The van der Waals surface area contributed by atoms with E-state index >= 15 is 0 Å². The third-order valence-corrected chi connectivity index (χ3v) is 3.00. The molecule has 0 amide bonds. The number of benzene rings is 1. The van der Waals surface area contributed by atoms with E-state index in [0.717, 1.165) is 11.3 Å². The van der Waals surface area contributed by atoms with Gasteiger partial charge in [-0.05, 0) is 29.7 Å². The summed E-state index contributed by atoms with van der Waals surface area (Å²) in [6, 6.07) is 11.6. The maximum absolute atomic E-state index is 5.71. The summed E-state index contributed by atoms with van der Waals surface area (Å²) in [4.78, 5) is 4.51. The quantitative estimate of drug-likeness (QED) is 0.863. The zero-order chi connectivity index (χ0) is 13.8. The lowest BCUT2D eigenvalue weighted by Crippen LogP contribution is -2.09. The zero-order valence-electron chi connectivity index (χ0n) is 11.0. The Balaban J connectivity index is 2.16. The number of aromatic nitrogens is 1. The first-order valence-corrected chi connectivity index (χ1v) is 6.51. The second kappa shape index (κ2) is 5.80. The van der Waals surface area contributed by atoms with Gasteiger partial charge in [-0.15, -0.1) is 0 Å². The van der Waals surface area contributed by atoms with Crippen LogP contribution in [0.15, 0.2) is 42.6 Å². The van der Waals surface area contributed by atoms with Gasteiger partial charge in [0.25, 0.3) is 0 Å². The van der Waals surface area contributed by atoms with E-state index in [-0.39, 0.29) is 0 Å². The fraction of sp³-hybridized carbons (Fsp3) is 0.200. The van der Waals surface area contributed by atoms with E-state index in [1.54, 1.807) is 18.3 Å². The van der Waals surface area contributed by atoms with E-state index in [1.165, 1.54) is 5.56 Å². The van der Waals surface area contributed by atoms with Crippen LogP contribution in [-0.2, 0) is 0 Å². The maximum atomic E-state index is 5.71. The van der Waals surface area contributed by atoms with Crippen molar-refractivity contribution in [1.82, 2.24) is 4.98 Å². The first-order chi connectivity index (χ1) is 9.06. The molecule has 1 aromatic heterocycles. The van der Waals surface area contributed by atoms with E-state index in [0.29, 0.717) is 16.8 Å². The molecule has 0 aliphatic rings. The Kier molecular flexibility index (Phi) is 4.12. The molecule has 0 saturated carbocycles. The summed E-state index contributed by atoms with van der Waals surface area (Å²) in [5, 5.41) is 0. The van der Waals surface area contributed by atoms with Gasteiger partial charge in [0, 0.05) is 17.8 Å². The van der Waals surface area contributed by atoms with Gasteiger partial charge in [0.1, 0.15) is 10.7 Å². The number of nitrogens with zero attached hydrogens (tertiary/aromatic N) is 1. The van der Waals surface area contributed by atoms with Gasteiger partial charge in [0.15, 0.2) is 0 Å². The second-order valence-electron chi connectivity index (χ2n) is 4.58. The Morgan fingerprint density at radius 1 is 1.26 bits per heavy atom. The molecule has 98 valence electrons. The zero-order valence-corrected chi connectivity index (χ0v) is 11.8. The molecular formula is C15H16N2OS. The van der Waals surface area contributed by atoms with E-state index in [1.807, 2.05) is 18.2 Å². The lowest BCUT2D eigenvalue weighted by Gasteiger charge is -2.09. The molecular weight excluding hydrogens is 256 g/mol. The number of ether oxygens (including phenoxy) is 1. The molecule has 2 rings (SSSR count). The largest absolute Gasteiger partial charge is 0.439 e. The number of pyridine rings is 1. The standard InChI is InChI=1S/C15H16N2OS/c1-10(2)11-4-3-5-13(8-11)18-14-7-6-12(9-17-14)15(16)19/h3-10H,1-2H3,(H2,16,19). The number of hydrogen-bond acceptors (Lipinski definition) is 3. The van der Waals surface area contributed by atoms with Gasteiger partial charge >= 0.3 is 0 Å². The van der Waals surface area contributed by atoms with Crippen LogP contribution < -0.4 is 10.5 Å². The Bertz CT molecular complexity index is 579. The van der Waals surface area contributed by atoms with E-state index in [4.69, 9.17) is 22.7 Å². The summed E-state index contributed by atoms with van der Waals surface area (Å²) < 4.78 is 5.71. The van der Waals surface area contributed by atoms with Gasteiger partial charge in [-0.1, -0.05) is 38.2 Å². The van der Waals surface area contributed by atoms with Gasteiger partial charge in [-0.2, -0.15) is 0 Å². The van der Waals surface area contributed by atoms with Crippen molar-refractivity contribution in [3.8, 4) is 11.6 Å². The minimum absolute atomic E-state index is 0.334. The summed E-state index contributed by atoms with van der Waals surface area (Å²) in [7, 11) is 0. The fourth-order valence-corrected chi connectivity index (χ4v) is 1.77. The molecule has 1 heterocycles. The van der Waals surface area contributed by atoms with Crippen molar-refractivity contribution in [3.63, 3.8) is 0 Å². The van der Waals surface area contributed by atoms with Crippen LogP contribution in [0.1, 0.15) is 30.9 Å². The Morgan fingerprint density at radius 2 is 2.05 bits per heavy atom. The molecule has 19 heavy (non-hydrogen) atoms. The Labute approximate surface area is 118 Å². The van der Waals surface area contributed by atoms with Crippen molar-refractivity contribution in [2.75, 3.05) is 0 Å². The number of nitrogens with two attached hydrogens (primary N) is 1. The van der Waals surface area contributed by atoms with E-state index in [2.05, 4.69) is 24.9 Å². The van der Waals surface area contributed by atoms with Crippen LogP contribution in [0, 0.1) is 0 Å². The average Bonchev–Trinajstić information content (AvgIpc) is 2.39. The molecule has 0 aliphatic heterocycles. The second-order valence-corrected chi connectivity index (χ2v) is 5.02. The molecule has 2 N–H and O–H groups in total. The van der Waals surface area contributed by atoms with Gasteiger partial charge in [0.2, 0.25) is 5.88 Å². The lowest BCUT2D eigenvalue weighted by atomic mass is 10.0. The minimum atomic E-state index is 0.334. The molecule has 3 nitrogen and oxygen atoms in total. The lowest BCUT2D eigenvalue weighted by molar-refractivity contribution is 0.462. The molecule has 0 atom stereocenters. The van der Waals surface area contributed by atoms with Crippen LogP contribution in [0.3, 0.4) is 0 Å². The molecule has 0 radical (unpaired) electrons. The van der Waals surface area contributed by atoms with Crippen molar-refractivity contribution >= 4 is 17.2 Å². The van der Waals surface area contributed by atoms with Crippen LogP contribution in [-0.4, -0.2) is 9.97 Å². The van der Waals surface area contributed by atoms with Crippen LogP contribution in [0.25, 0.3) is 0 Å². The molecule has 1 aromatic carbocycles. The summed E-state index contributed by atoms with van der Waals surface area (Å²) in [5.74, 6) is 1.77. The first-order valence-electron chi connectivity index (χ1n) is 6.10. The van der Waals surface area contributed by atoms with Crippen molar-refractivity contribution < 1.29 is 4.74 Å². The Hall–Kier alpha value is -1.94. The molecule has 0 spiro atoms. The normalized spacial score (nSPS) is 10.5. The minimum Gasteiger partial charge on any atom is -0.439 e. The number of hydrogen-bond donors (Lipinski definition) is 1. The fourth-order valence-electron chi connectivity index (χ4n) is 1.64. The third-order valence-electron chi connectivity index (χ3n) is 2.77. The van der Waals surface area contributed by atoms with Crippen LogP contribution in [0.2, 0.25) is 0 Å². The highest BCUT2D eigenvalue weighted by Crippen LogP contribution is 2.24. The summed E-state index contributed by atoms with van der Waals surface area (Å²) in [6.45, 7) is 4.29. The molecule has 0 unspecified atom stereocenters. The molecule has 0 bridgehead atoms. The average molecular weight is 272 g/mol. The third kappa shape index (κ3) is 3.51. The highest BCUT2D eigenvalue weighted by atomic mass is 32.1. The van der Waals surface area contributed by atoms with Crippen molar-refractivity contribution in [2.24, 2.45) is 5.73 Å². The van der Waals surface area contributed by atoms with Crippen LogP contribution in [0.4, 0.5) is 0 Å². The van der Waals surface area contributed by atoms with Gasteiger partial charge in [-0.25, -0.2) is 4.98 Å². The van der Waals surface area contributed by atoms with Gasteiger partial charge < -0.3 is 10.5 Å². The summed E-state index contributed by atoms with van der Waals surface area (Å²) >= 11 is 4.88. The van der Waals surface area contributed by atoms with Crippen LogP contribution in [0.5, 0.6) is 11.6 Å². The van der Waals surface area contributed by atoms with Crippen LogP contribution >= 0.6 is 12.2 Å². The molecule has 0 fully saturated rings. The van der Waals surface area contributed by atoms with E-state index in [9.17, 15) is 0 Å². The summed E-state index contributed by atoms with van der Waals surface area (Å²) in [5.41, 5.74) is 7.49. The number of thiocarbonyl (C=S) groups is 1. The topological polar surface area (TPSA) is 48.1 Å². The molecule has 0 aliphatic carbocycles. The summed E-state index contributed by atoms with van der Waals surface area (Å²) in [6.07, 6.45) is 1.62. The van der Waals surface area contributed by atoms with Gasteiger partial charge in [-0.3, -0.25) is 0 Å². The maximum Gasteiger partial charge on any atom is 0.219 e. The van der Waals surface area contributed by atoms with Crippen molar-refractivity contribution in [3.05, 3.63) is 53.7 Å². The predicted molar refractivity (Wildman–Crippen MR) is 80.7 cm³/mol. The highest BCUT2D eigenvalue weighted by molar-refractivity contribution is 7.80. The monoisotopic (exact) mass is 272 g/mol. The van der Waals surface area contributed by atoms with Crippen molar-refractivity contribution in [2.45, 2.75) is 19.8 Å². The smallest absolute Gasteiger partial charge is 0.219 e. The van der Waals surface area contributed by atoms with E-state index < -0.39 is 0 Å². The first kappa shape index (κ1) is 13.5. The molecule has 4 heteroatoms. The highest BCUT2D eigenvalue weighted by Gasteiger charge is 2.03. The van der Waals surface area contributed by atoms with Crippen molar-refractivity contribution in [1.29, 1.82) is 0 Å². The SMILES string of the molecule is CC(C)c1cccc(Oc2ccc(C(N)=S)cn2)c1. The Morgan fingerprint density at radius 3 is 2.63 bits per heavy atom. The molecule has 0 saturated heterocycles. The molecule has 2 aromatic rings.